The van der Waals surface area contributed by atoms with Crippen molar-refractivity contribution in [1.82, 2.24) is 0 Å². The molecule has 2 N–H and O–H groups in total. The van der Waals surface area contributed by atoms with Gasteiger partial charge in [0.2, 0.25) is 0 Å². The highest BCUT2D eigenvalue weighted by Gasteiger charge is 2.27. The second-order valence-corrected chi connectivity index (χ2v) is 8.05. The third-order valence-electron chi connectivity index (χ3n) is 2.03. The molecule has 0 bridgehead atoms. The largest absolute Gasteiger partial charge is 0.365 e. The van der Waals surface area contributed by atoms with Gasteiger partial charge in [-0.25, -0.2) is 8.42 Å². The predicted molar refractivity (Wildman–Crippen MR) is 66.9 cm³/mol. The zero-order valence-electron chi connectivity index (χ0n) is 9.18. The molecule has 1 aromatic heterocycles. The zero-order valence-corrected chi connectivity index (χ0v) is 11.6. The summed E-state index contributed by atoms with van der Waals surface area (Å²) in [7, 11) is -3.45. The molecule has 1 aromatic rings. The quantitative estimate of drug-likeness (QED) is 0.852. The van der Waals surface area contributed by atoms with E-state index < -0.39 is 21.0 Å². The van der Waals surface area contributed by atoms with E-state index in [4.69, 9.17) is 5.73 Å². The molecule has 0 saturated heterocycles. The summed E-state index contributed by atoms with van der Waals surface area (Å²) in [4.78, 5) is 11.4. The number of thiophene rings is 1. The average Bonchev–Trinajstić information content (AvgIpc) is 2.61. The highest BCUT2D eigenvalue weighted by molar-refractivity contribution is 8.00. The summed E-state index contributed by atoms with van der Waals surface area (Å²) >= 11 is 2.52. The number of sulfone groups is 1. The van der Waals surface area contributed by atoms with Crippen molar-refractivity contribution in [1.29, 1.82) is 0 Å². The topological polar surface area (TPSA) is 77.2 Å². The molecule has 0 saturated carbocycles. The van der Waals surface area contributed by atoms with Crippen molar-refractivity contribution < 1.29 is 13.2 Å². The van der Waals surface area contributed by atoms with E-state index in [0.29, 0.717) is 0 Å². The van der Waals surface area contributed by atoms with Gasteiger partial charge < -0.3 is 5.73 Å². The molecule has 0 atom stereocenters. The minimum atomic E-state index is -3.45. The standard InChI is InChI=1S/C9H13NO3S3/c1-5(2)16(12,13)6-4-7(14-3)15-8(6)9(10)11/h4-5H,1-3H3,(H2,10,11). The van der Waals surface area contributed by atoms with E-state index >= 15 is 0 Å². The summed E-state index contributed by atoms with van der Waals surface area (Å²) in [6.45, 7) is 3.16. The average molecular weight is 279 g/mol. The zero-order chi connectivity index (χ0) is 12.5. The maximum absolute atomic E-state index is 12.0. The molecule has 1 heterocycles. The number of carbonyl (C=O) groups excluding carboxylic acids is 1. The number of hydrogen-bond acceptors (Lipinski definition) is 5. The Morgan fingerprint density at radius 1 is 1.50 bits per heavy atom. The molecule has 0 unspecified atom stereocenters. The first-order chi connectivity index (χ1) is 7.30. The van der Waals surface area contributed by atoms with Gasteiger partial charge in [0.25, 0.3) is 5.91 Å². The SMILES string of the molecule is CSc1cc(S(=O)(=O)C(C)C)c(C(N)=O)s1. The minimum Gasteiger partial charge on any atom is -0.365 e. The Morgan fingerprint density at radius 2 is 2.06 bits per heavy atom. The van der Waals surface area contributed by atoms with Gasteiger partial charge in [-0.05, 0) is 26.2 Å². The smallest absolute Gasteiger partial charge is 0.260 e. The highest BCUT2D eigenvalue weighted by atomic mass is 32.2. The van der Waals surface area contributed by atoms with Crippen LogP contribution in [0.15, 0.2) is 15.2 Å². The van der Waals surface area contributed by atoms with Gasteiger partial charge in [-0.2, -0.15) is 0 Å². The maximum atomic E-state index is 12.0. The van der Waals surface area contributed by atoms with Crippen LogP contribution in [0, 0.1) is 0 Å². The number of amides is 1. The van der Waals surface area contributed by atoms with E-state index in [1.807, 2.05) is 6.26 Å². The molecule has 7 heteroatoms. The van der Waals surface area contributed by atoms with Crippen LogP contribution < -0.4 is 5.73 Å². The van der Waals surface area contributed by atoms with Gasteiger partial charge >= 0.3 is 0 Å². The Kier molecular flexibility index (Phi) is 4.03. The van der Waals surface area contributed by atoms with Crippen LogP contribution in [-0.4, -0.2) is 25.8 Å². The van der Waals surface area contributed by atoms with Crippen molar-refractivity contribution in [2.75, 3.05) is 6.26 Å². The molecule has 0 aliphatic carbocycles. The fraction of sp³-hybridized carbons (Fsp3) is 0.444. The fourth-order valence-electron chi connectivity index (χ4n) is 1.09. The molecule has 0 spiro atoms. The summed E-state index contributed by atoms with van der Waals surface area (Å²) < 4.78 is 24.7. The summed E-state index contributed by atoms with van der Waals surface area (Å²) in [6, 6.07) is 1.52. The lowest BCUT2D eigenvalue weighted by molar-refractivity contribution is 0.100. The summed E-state index contributed by atoms with van der Waals surface area (Å²) in [5.74, 6) is -0.690. The second-order valence-electron chi connectivity index (χ2n) is 3.42. The van der Waals surface area contributed by atoms with Gasteiger partial charge in [0.1, 0.15) is 4.88 Å². The number of primary amides is 1. The van der Waals surface area contributed by atoms with E-state index in [0.717, 1.165) is 15.5 Å². The van der Waals surface area contributed by atoms with Gasteiger partial charge in [0, 0.05) is 0 Å². The predicted octanol–water partition coefficient (Wildman–Crippen LogP) is 1.75. The third-order valence-corrected chi connectivity index (χ3v) is 6.55. The van der Waals surface area contributed by atoms with Crippen molar-refractivity contribution in [2.24, 2.45) is 5.73 Å². The molecule has 16 heavy (non-hydrogen) atoms. The minimum absolute atomic E-state index is 0.0596. The second kappa shape index (κ2) is 4.77. The van der Waals surface area contributed by atoms with E-state index in [1.165, 1.54) is 17.8 Å². The molecular weight excluding hydrogens is 266 g/mol. The first kappa shape index (κ1) is 13.5. The maximum Gasteiger partial charge on any atom is 0.260 e. The summed E-state index contributed by atoms with van der Waals surface area (Å²) in [6.07, 6.45) is 1.82. The van der Waals surface area contributed by atoms with Crippen molar-refractivity contribution >= 4 is 38.8 Å². The van der Waals surface area contributed by atoms with Gasteiger partial charge in [-0.15, -0.1) is 23.1 Å². The normalized spacial score (nSPS) is 12.0. The molecule has 0 aliphatic heterocycles. The Morgan fingerprint density at radius 3 is 2.44 bits per heavy atom. The number of carbonyl (C=O) groups is 1. The van der Waals surface area contributed by atoms with E-state index in [2.05, 4.69) is 0 Å². The summed E-state index contributed by atoms with van der Waals surface area (Å²) in [5, 5.41) is -0.560. The summed E-state index contributed by atoms with van der Waals surface area (Å²) in [5.41, 5.74) is 5.18. The Hall–Kier alpha value is -0.530. The van der Waals surface area contributed by atoms with Crippen molar-refractivity contribution in [3.63, 3.8) is 0 Å². The van der Waals surface area contributed by atoms with Gasteiger partial charge in [-0.3, -0.25) is 4.79 Å². The van der Waals surface area contributed by atoms with Crippen molar-refractivity contribution in [3.05, 3.63) is 10.9 Å². The molecule has 1 rings (SSSR count). The molecule has 0 aliphatic rings. The van der Waals surface area contributed by atoms with Crippen LogP contribution in [0.25, 0.3) is 0 Å². The van der Waals surface area contributed by atoms with Crippen LogP contribution >= 0.6 is 23.1 Å². The lowest BCUT2D eigenvalue weighted by Gasteiger charge is -2.06. The Labute approximate surface area is 103 Å². The molecule has 0 radical (unpaired) electrons. The van der Waals surface area contributed by atoms with E-state index in [-0.39, 0.29) is 9.77 Å². The first-order valence-corrected chi connectivity index (χ1v) is 8.11. The van der Waals surface area contributed by atoms with E-state index in [9.17, 15) is 13.2 Å². The molecule has 4 nitrogen and oxygen atoms in total. The molecular formula is C9H13NO3S3. The lowest BCUT2D eigenvalue weighted by Crippen LogP contribution is -2.18. The van der Waals surface area contributed by atoms with Crippen LogP contribution in [0.5, 0.6) is 0 Å². The monoisotopic (exact) mass is 279 g/mol. The van der Waals surface area contributed by atoms with Crippen LogP contribution in [0.1, 0.15) is 23.5 Å². The highest BCUT2D eigenvalue weighted by Crippen LogP contribution is 2.33. The number of hydrogen-bond donors (Lipinski definition) is 1. The van der Waals surface area contributed by atoms with Crippen molar-refractivity contribution in [3.8, 4) is 0 Å². The Bertz CT molecular complexity index is 502. The van der Waals surface area contributed by atoms with Crippen LogP contribution in [0.3, 0.4) is 0 Å². The van der Waals surface area contributed by atoms with Crippen LogP contribution in [0.4, 0.5) is 0 Å². The molecule has 1 amide bonds. The molecule has 0 fully saturated rings. The first-order valence-electron chi connectivity index (χ1n) is 4.52. The van der Waals surface area contributed by atoms with Crippen LogP contribution in [-0.2, 0) is 9.84 Å². The van der Waals surface area contributed by atoms with Gasteiger partial charge in [0.05, 0.1) is 14.4 Å². The van der Waals surface area contributed by atoms with Gasteiger partial charge in [-0.1, -0.05) is 0 Å². The number of rotatable bonds is 4. The van der Waals surface area contributed by atoms with E-state index in [1.54, 1.807) is 13.8 Å². The lowest BCUT2D eigenvalue weighted by atomic mass is 10.4. The van der Waals surface area contributed by atoms with Gasteiger partial charge in [0.15, 0.2) is 9.84 Å². The molecule has 90 valence electrons. The number of nitrogens with two attached hydrogens (primary N) is 1. The van der Waals surface area contributed by atoms with Crippen molar-refractivity contribution in [2.45, 2.75) is 28.2 Å². The Balaban J connectivity index is 3.44. The van der Waals surface area contributed by atoms with Crippen LogP contribution in [0.2, 0.25) is 0 Å². The fourth-order valence-corrected chi connectivity index (χ4v) is 4.32. The third kappa shape index (κ3) is 2.41. The number of thioether (sulfide) groups is 1. The molecule has 0 aromatic carbocycles.